The Morgan fingerprint density at radius 3 is 2.33 bits per heavy atom. The zero-order valence-corrected chi connectivity index (χ0v) is 18.2. The minimum absolute atomic E-state index is 0.0459. The van der Waals surface area contributed by atoms with Crippen LogP contribution in [0.5, 0.6) is 0 Å². The molecule has 0 aliphatic heterocycles. The third-order valence-electron chi connectivity index (χ3n) is 4.26. The van der Waals surface area contributed by atoms with Crippen LogP contribution in [0.3, 0.4) is 0 Å². The summed E-state index contributed by atoms with van der Waals surface area (Å²) >= 11 is 17.7. The first kappa shape index (κ1) is 22.1. The van der Waals surface area contributed by atoms with Crippen molar-refractivity contribution in [2.75, 3.05) is 11.9 Å². The smallest absolute Gasteiger partial charge is 0.278 e. The summed E-state index contributed by atoms with van der Waals surface area (Å²) in [5.74, 6) is -0.703. The predicted octanol–water partition coefficient (Wildman–Crippen LogP) is 4.16. The van der Waals surface area contributed by atoms with E-state index in [1.54, 1.807) is 37.3 Å². The van der Waals surface area contributed by atoms with Crippen LogP contribution in [0.2, 0.25) is 15.1 Å². The minimum Gasteiger partial charge on any atom is -0.354 e. The van der Waals surface area contributed by atoms with Crippen LogP contribution in [-0.2, 0) is 17.8 Å². The molecule has 1 heterocycles. The number of carbonyl (C=O) groups is 2. The molecule has 0 saturated carbocycles. The highest BCUT2D eigenvalue weighted by Gasteiger charge is 2.18. The standard InChI is InChI=1S/C20H18Cl3N5O2/c1-12-19(20(30)25-17-9-15(22)8-16(23)10-17)26-27-28(12)11-18(29)24-7-6-13-2-4-14(21)5-3-13/h2-5,8-10H,6-7,11H2,1H3,(H,24,29)(H,25,30). The van der Waals surface area contributed by atoms with Crippen LogP contribution in [0.4, 0.5) is 5.69 Å². The minimum atomic E-state index is -0.472. The van der Waals surface area contributed by atoms with Gasteiger partial charge in [0.25, 0.3) is 5.91 Å². The van der Waals surface area contributed by atoms with Gasteiger partial charge in [-0.05, 0) is 49.2 Å². The van der Waals surface area contributed by atoms with Crippen molar-refractivity contribution in [1.29, 1.82) is 0 Å². The molecule has 2 N–H and O–H groups in total. The molecule has 2 amide bonds. The van der Waals surface area contributed by atoms with E-state index in [0.717, 1.165) is 5.56 Å². The van der Waals surface area contributed by atoms with Crippen LogP contribution in [0.1, 0.15) is 21.7 Å². The van der Waals surface area contributed by atoms with Crippen LogP contribution in [0.25, 0.3) is 0 Å². The Hall–Kier alpha value is -2.61. The van der Waals surface area contributed by atoms with Crippen molar-refractivity contribution in [3.8, 4) is 0 Å². The van der Waals surface area contributed by atoms with E-state index < -0.39 is 5.91 Å². The molecule has 0 atom stereocenters. The predicted molar refractivity (Wildman–Crippen MR) is 117 cm³/mol. The summed E-state index contributed by atoms with van der Waals surface area (Å²) in [6.45, 7) is 2.09. The molecule has 7 nitrogen and oxygen atoms in total. The highest BCUT2D eigenvalue weighted by atomic mass is 35.5. The van der Waals surface area contributed by atoms with Gasteiger partial charge in [0.15, 0.2) is 5.69 Å². The number of amides is 2. The molecule has 0 radical (unpaired) electrons. The number of nitrogens with zero attached hydrogens (tertiary/aromatic N) is 3. The van der Waals surface area contributed by atoms with Gasteiger partial charge in [0, 0.05) is 27.3 Å². The van der Waals surface area contributed by atoms with E-state index in [0.29, 0.717) is 39.4 Å². The molecule has 10 heteroatoms. The first-order valence-electron chi connectivity index (χ1n) is 9.00. The summed E-state index contributed by atoms with van der Waals surface area (Å²) in [7, 11) is 0. The zero-order chi connectivity index (χ0) is 21.7. The van der Waals surface area contributed by atoms with Gasteiger partial charge in [-0.3, -0.25) is 9.59 Å². The van der Waals surface area contributed by atoms with Crippen LogP contribution in [0.15, 0.2) is 42.5 Å². The Balaban J connectivity index is 1.55. The number of aromatic nitrogens is 3. The summed E-state index contributed by atoms with van der Waals surface area (Å²) in [4.78, 5) is 24.7. The Labute approximate surface area is 188 Å². The van der Waals surface area contributed by atoms with Crippen molar-refractivity contribution in [3.05, 3.63) is 74.5 Å². The van der Waals surface area contributed by atoms with E-state index >= 15 is 0 Å². The van der Waals surface area contributed by atoms with Gasteiger partial charge in [0.1, 0.15) is 6.54 Å². The fourth-order valence-electron chi connectivity index (χ4n) is 2.73. The largest absolute Gasteiger partial charge is 0.354 e. The van der Waals surface area contributed by atoms with Gasteiger partial charge in [0.05, 0.1) is 5.69 Å². The summed E-state index contributed by atoms with van der Waals surface area (Å²) in [6.07, 6.45) is 0.676. The SMILES string of the molecule is Cc1c(C(=O)Nc2cc(Cl)cc(Cl)c2)nnn1CC(=O)NCCc1ccc(Cl)cc1. The lowest BCUT2D eigenvalue weighted by atomic mass is 10.1. The van der Waals surface area contributed by atoms with E-state index in [9.17, 15) is 9.59 Å². The maximum absolute atomic E-state index is 12.5. The summed E-state index contributed by atoms with van der Waals surface area (Å²) < 4.78 is 1.37. The van der Waals surface area contributed by atoms with E-state index in [4.69, 9.17) is 34.8 Å². The van der Waals surface area contributed by atoms with Crippen molar-refractivity contribution < 1.29 is 9.59 Å². The molecule has 30 heavy (non-hydrogen) atoms. The van der Waals surface area contributed by atoms with Crippen LogP contribution in [-0.4, -0.2) is 33.4 Å². The van der Waals surface area contributed by atoms with Gasteiger partial charge in [-0.1, -0.05) is 52.1 Å². The fraction of sp³-hybridized carbons (Fsp3) is 0.200. The monoisotopic (exact) mass is 465 g/mol. The molecule has 0 saturated heterocycles. The lowest BCUT2D eigenvalue weighted by Gasteiger charge is -2.07. The lowest BCUT2D eigenvalue weighted by molar-refractivity contribution is -0.121. The first-order valence-corrected chi connectivity index (χ1v) is 10.1. The average molecular weight is 467 g/mol. The van der Waals surface area contributed by atoms with E-state index in [1.807, 2.05) is 12.1 Å². The third-order valence-corrected chi connectivity index (χ3v) is 4.95. The molecule has 0 unspecified atom stereocenters. The van der Waals surface area contributed by atoms with Crippen molar-refractivity contribution in [1.82, 2.24) is 20.3 Å². The van der Waals surface area contributed by atoms with Gasteiger partial charge >= 0.3 is 0 Å². The topological polar surface area (TPSA) is 88.9 Å². The Bertz CT molecular complexity index is 1050. The van der Waals surface area contributed by atoms with Crippen LogP contribution < -0.4 is 10.6 Å². The number of rotatable bonds is 7. The molecule has 0 bridgehead atoms. The quantitative estimate of drug-likeness (QED) is 0.547. The summed E-state index contributed by atoms with van der Waals surface area (Å²) in [5.41, 5.74) is 2.08. The maximum Gasteiger partial charge on any atom is 0.278 e. The molecule has 3 rings (SSSR count). The molecular formula is C20H18Cl3N5O2. The normalized spacial score (nSPS) is 10.7. The number of anilines is 1. The molecule has 0 spiro atoms. The molecule has 0 aliphatic rings. The fourth-order valence-corrected chi connectivity index (χ4v) is 3.38. The third kappa shape index (κ3) is 5.95. The highest BCUT2D eigenvalue weighted by molar-refractivity contribution is 6.35. The van der Waals surface area contributed by atoms with Crippen molar-refractivity contribution in [2.24, 2.45) is 0 Å². The molecule has 3 aromatic rings. The number of hydrogen-bond donors (Lipinski definition) is 2. The highest BCUT2D eigenvalue weighted by Crippen LogP contribution is 2.23. The van der Waals surface area contributed by atoms with E-state index in [1.165, 1.54) is 4.68 Å². The Morgan fingerprint density at radius 1 is 1.00 bits per heavy atom. The van der Waals surface area contributed by atoms with Gasteiger partial charge in [-0.15, -0.1) is 5.10 Å². The molecular weight excluding hydrogens is 449 g/mol. The van der Waals surface area contributed by atoms with E-state index in [2.05, 4.69) is 20.9 Å². The number of carbonyl (C=O) groups excluding carboxylic acids is 2. The molecule has 0 aliphatic carbocycles. The number of benzene rings is 2. The van der Waals surface area contributed by atoms with Crippen LogP contribution in [0, 0.1) is 6.92 Å². The number of halogens is 3. The Morgan fingerprint density at radius 2 is 1.67 bits per heavy atom. The maximum atomic E-state index is 12.5. The van der Waals surface area contributed by atoms with Crippen molar-refractivity contribution in [2.45, 2.75) is 19.9 Å². The average Bonchev–Trinajstić information content (AvgIpc) is 3.03. The Kier molecular flexibility index (Phi) is 7.31. The second kappa shape index (κ2) is 9.93. The molecule has 0 fully saturated rings. The molecule has 156 valence electrons. The van der Waals surface area contributed by atoms with Crippen molar-refractivity contribution >= 4 is 52.3 Å². The number of hydrogen-bond acceptors (Lipinski definition) is 4. The second-order valence-electron chi connectivity index (χ2n) is 6.52. The molecule has 1 aromatic heterocycles. The van der Waals surface area contributed by atoms with E-state index in [-0.39, 0.29) is 18.1 Å². The summed E-state index contributed by atoms with van der Waals surface area (Å²) in [5, 5.41) is 14.8. The first-order chi connectivity index (χ1) is 14.3. The molecule has 2 aromatic carbocycles. The second-order valence-corrected chi connectivity index (χ2v) is 7.83. The number of nitrogens with one attached hydrogen (secondary N) is 2. The lowest BCUT2D eigenvalue weighted by Crippen LogP contribution is -2.30. The zero-order valence-electron chi connectivity index (χ0n) is 16.0. The van der Waals surface area contributed by atoms with Crippen LogP contribution >= 0.6 is 34.8 Å². The summed E-state index contributed by atoms with van der Waals surface area (Å²) in [6, 6.07) is 12.1. The van der Waals surface area contributed by atoms with Gasteiger partial charge < -0.3 is 10.6 Å². The van der Waals surface area contributed by atoms with Gasteiger partial charge in [-0.25, -0.2) is 4.68 Å². The van der Waals surface area contributed by atoms with Gasteiger partial charge in [-0.2, -0.15) is 0 Å². The van der Waals surface area contributed by atoms with Crippen molar-refractivity contribution in [3.63, 3.8) is 0 Å². The van der Waals surface area contributed by atoms with Gasteiger partial charge in [0.2, 0.25) is 5.91 Å².